The largest absolute Gasteiger partial charge is 0.321 e. The molecule has 0 radical (unpaired) electrons. The molecule has 0 saturated heterocycles. The molecule has 1 aliphatic rings. The van der Waals surface area contributed by atoms with E-state index in [4.69, 9.17) is 5.73 Å². The van der Waals surface area contributed by atoms with E-state index in [1.165, 1.54) is 12.0 Å². The molecule has 0 aliphatic heterocycles. The highest BCUT2D eigenvalue weighted by molar-refractivity contribution is 5.87. The van der Waals surface area contributed by atoms with E-state index in [1.54, 1.807) is 6.33 Å². The third kappa shape index (κ3) is 2.54. The number of nitrogens with two attached hydrogens (primary N) is 1. The second-order valence-electron chi connectivity index (χ2n) is 7.33. The Morgan fingerprint density at radius 1 is 1.00 bits per heavy atom. The lowest BCUT2D eigenvalue weighted by Gasteiger charge is -2.38. The lowest BCUT2D eigenvalue weighted by Crippen LogP contribution is -2.43. The average molecular weight is 355 g/mol. The van der Waals surface area contributed by atoms with E-state index in [9.17, 15) is 0 Å². The van der Waals surface area contributed by atoms with Crippen LogP contribution in [0.3, 0.4) is 0 Å². The highest BCUT2D eigenvalue weighted by Crippen LogP contribution is 2.39. The summed E-state index contributed by atoms with van der Waals surface area (Å²) in [6.07, 6.45) is 6.76. The first-order valence-electron chi connectivity index (χ1n) is 9.30. The van der Waals surface area contributed by atoms with Crippen LogP contribution in [0.1, 0.15) is 30.5 Å². The average Bonchev–Trinajstić information content (AvgIpc) is 3.08. The van der Waals surface area contributed by atoms with Crippen LogP contribution in [0.4, 0.5) is 0 Å². The lowest BCUT2D eigenvalue weighted by atomic mass is 9.73. The maximum absolute atomic E-state index is 6.49. The number of fused-ring (bicyclic) bond motifs is 1. The lowest BCUT2D eigenvalue weighted by molar-refractivity contribution is 0.253. The summed E-state index contributed by atoms with van der Waals surface area (Å²) >= 11 is 0. The van der Waals surface area contributed by atoms with Gasteiger partial charge in [-0.1, -0.05) is 18.2 Å². The third-order valence-corrected chi connectivity index (χ3v) is 5.67. The Hall–Kier alpha value is -3.05. The Kier molecular flexibility index (Phi) is 3.58. The minimum Gasteiger partial charge on any atom is -0.321 e. The van der Waals surface area contributed by atoms with Crippen molar-refractivity contribution in [2.45, 2.75) is 31.7 Å². The topological polar surface area (TPSA) is 69.6 Å². The van der Waals surface area contributed by atoms with Gasteiger partial charge in [-0.15, -0.1) is 0 Å². The molecule has 5 heteroatoms. The molecular formula is C22H21N5. The fourth-order valence-electron chi connectivity index (χ4n) is 3.89. The molecule has 3 aromatic heterocycles. The van der Waals surface area contributed by atoms with Gasteiger partial charge in [0.15, 0.2) is 0 Å². The fraction of sp³-hybridized carbons (Fsp3) is 0.227. The van der Waals surface area contributed by atoms with Crippen LogP contribution in [0.15, 0.2) is 61.1 Å². The number of rotatable bonds is 3. The van der Waals surface area contributed by atoms with Gasteiger partial charge in [-0.3, -0.25) is 9.55 Å². The number of benzene rings is 1. The van der Waals surface area contributed by atoms with Gasteiger partial charge in [0.25, 0.3) is 0 Å². The number of hydrogen-bond donors (Lipinski definition) is 1. The predicted octanol–water partition coefficient (Wildman–Crippen LogP) is 4.13. The summed E-state index contributed by atoms with van der Waals surface area (Å²) < 4.78 is 2.15. The van der Waals surface area contributed by atoms with Crippen LogP contribution in [0.25, 0.3) is 28.1 Å². The Balaban J connectivity index is 1.71. The van der Waals surface area contributed by atoms with Crippen molar-refractivity contribution in [1.82, 2.24) is 19.5 Å². The van der Waals surface area contributed by atoms with E-state index in [-0.39, 0.29) is 5.54 Å². The van der Waals surface area contributed by atoms with E-state index in [0.717, 1.165) is 46.6 Å². The highest BCUT2D eigenvalue weighted by Gasteiger charge is 2.34. The summed E-state index contributed by atoms with van der Waals surface area (Å²) in [5.74, 6) is 0. The molecular weight excluding hydrogens is 334 g/mol. The molecule has 3 heterocycles. The van der Waals surface area contributed by atoms with E-state index in [2.05, 4.69) is 49.9 Å². The quantitative estimate of drug-likeness (QED) is 0.600. The minimum absolute atomic E-state index is 0.153. The molecule has 0 unspecified atom stereocenters. The summed E-state index contributed by atoms with van der Waals surface area (Å²) in [5.41, 5.74) is 12.4. The molecule has 0 amide bonds. The first-order chi connectivity index (χ1) is 13.2. The predicted molar refractivity (Wildman–Crippen MR) is 107 cm³/mol. The summed E-state index contributed by atoms with van der Waals surface area (Å²) in [7, 11) is 0. The Morgan fingerprint density at radius 2 is 1.81 bits per heavy atom. The summed E-state index contributed by atoms with van der Waals surface area (Å²) in [5, 5.41) is 1.04. The molecule has 0 atom stereocenters. The van der Waals surface area contributed by atoms with Gasteiger partial charge in [-0.2, -0.15) is 0 Å². The van der Waals surface area contributed by atoms with Crippen molar-refractivity contribution in [1.29, 1.82) is 0 Å². The van der Waals surface area contributed by atoms with E-state index >= 15 is 0 Å². The van der Waals surface area contributed by atoms with Crippen molar-refractivity contribution in [2.75, 3.05) is 0 Å². The van der Waals surface area contributed by atoms with Crippen LogP contribution in [0, 0.1) is 6.92 Å². The van der Waals surface area contributed by atoms with Crippen LogP contribution in [0.5, 0.6) is 0 Å². The second-order valence-corrected chi connectivity index (χ2v) is 7.33. The fourth-order valence-corrected chi connectivity index (χ4v) is 3.89. The van der Waals surface area contributed by atoms with Gasteiger partial charge in [0.2, 0.25) is 0 Å². The number of aromatic nitrogens is 4. The number of aryl methyl sites for hydroxylation is 1. The zero-order valence-electron chi connectivity index (χ0n) is 15.3. The molecule has 1 fully saturated rings. The molecule has 0 spiro atoms. The molecule has 1 saturated carbocycles. The monoisotopic (exact) mass is 355 g/mol. The molecule has 0 bridgehead atoms. The van der Waals surface area contributed by atoms with Gasteiger partial charge < -0.3 is 5.73 Å². The van der Waals surface area contributed by atoms with Gasteiger partial charge in [0.05, 0.1) is 17.1 Å². The van der Waals surface area contributed by atoms with Crippen LogP contribution < -0.4 is 5.73 Å². The van der Waals surface area contributed by atoms with Crippen molar-refractivity contribution in [3.63, 3.8) is 0 Å². The standard InChI is InChI=1S/C22H21N5/c1-15-18-13-20(19-5-2-3-12-24-19)27(21(18)26-14-25-15)17-8-6-16(7-9-17)22(23)10-4-11-22/h2-3,5-9,12-14H,4,10-11,23H2,1H3. The van der Waals surface area contributed by atoms with Crippen molar-refractivity contribution < 1.29 is 0 Å². The van der Waals surface area contributed by atoms with Crippen LogP contribution in [0.2, 0.25) is 0 Å². The van der Waals surface area contributed by atoms with Crippen molar-refractivity contribution in [2.24, 2.45) is 5.73 Å². The SMILES string of the molecule is Cc1ncnc2c1cc(-c1ccccn1)n2-c1ccc(C2(N)CCC2)cc1. The maximum atomic E-state index is 6.49. The van der Waals surface area contributed by atoms with Crippen LogP contribution in [-0.2, 0) is 5.54 Å². The van der Waals surface area contributed by atoms with Crippen LogP contribution >= 0.6 is 0 Å². The molecule has 27 heavy (non-hydrogen) atoms. The van der Waals surface area contributed by atoms with Gasteiger partial charge in [-0.05, 0) is 62.1 Å². The van der Waals surface area contributed by atoms with Crippen molar-refractivity contribution in [3.05, 3.63) is 72.3 Å². The van der Waals surface area contributed by atoms with Gasteiger partial charge >= 0.3 is 0 Å². The molecule has 134 valence electrons. The van der Waals surface area contributed by atoms with E-state index in [1.807, 2.05) is 31.3 Å². The zero-order chi connectivity index (χ0) is 18.4. The van der Waals surface area contributed by atoms with Gasteiger partial charge in [-0.25, -0.2) is 9.97 Å². The van der Waals surface area contributed by atoms with Crippen molar-refractivity contribution >= 4 is 11.0 Å². The normalized spacial score (nSPS) is 15.6. The third-order valence-electron chi connectivity index (χ3n) is 5.67. The summed E-state index contributed by atoms with van der Waals surface area (Å²) in [6.45, 7) is 2.01. The molecule has 1 aromatic carbocycles. The second kappa shape index (κ2) is 5.99. The molecule has 5 nitrogen and oxygen atoms in total. The Bertz CT molecular complexity index is 1110. The molecule has 2 N–H and O–H groups in total. The Morgan fingerprint density at radius 3 is 2.48 bits per heavy atom. The van der Waals surface area contributed by atoms with E-state index in [0.29, 0.717) is 0 Å². The molecule has 5 rings (SSSR count). The van der Waals surface area contributed by atoms with Crippen molar-refractivity contribution in [3.8, 4) is 17.1 Å². The summed E-state index contributed by atoms with van der Waals surface area (Å²) in [4.78, 5) is 13.5. The number of nitrogens with zero attached hydrogens (tertiary/aromatic N) is 4. The smallest absolute Gasteiger partial charge is 0.148 e. The maximum Gasteiger partial charge on any atom is 0.148 e. The molecule has 1 aliphatic carbocycles. The summed E-state index contributed by atoms with van der Waals surface area (Å²) in [6, 6.07) is 16.6. The highest BCUT2D eigenvalue weighted by atomic mass is 15.1. The first-order valence-corrected chi connectivity index (χ1v) is 9.30. The van der Waals surface area contributed by atoms with Gasteiger partial charge in [0.1, 0.15) is 12.0 Å². The van der Waals surface area contributed by atoms with Gasteiger partial charge in [0, 0.05) is 22.8 Å². The van der Waals surface area contributed by atoms with Crippen LogP contribution in [-0.4, -0.2) is 19.5 Å². The number of pyridine rings is 1. The zero-order valence-corrected chi connectivity index (χ0v) is 15.3. The van der Waals surface area contributed by atoms with E-state index < -0.39 is 0 Å². The first kappa shape index (κ1) is 16.1. The molecule has 4 aromatic rings. The Labute approximate surface area is 157 Å². The minimum atomic E-state index is -0.153. The number of hydrogen-bond acceptors (Lipinski definition) is 4.